The fourth-order valence-electron chi connectivity index (χ4n) is 1.92. The van der Waals surface area contributed by atoms with E-state index in [-0.39, 0.29) is 0 Å². The molecule has 0 aliphatic rings. The maximum absolute atomic E-state index is 5.30. The Hall–Kier alpha value is -0.870. The molecule has 1 heterocycles. The molecule has 1 aromatic rings. The van der Waals surface area contributed by atoms with Gasteiger partial charge in [0.25, 0.3) is 0 Å². The zero-order valence-electron chi connectivity index (χ0n) is 11.4. The highest BCUT2D eigenvalue weighted by Gasteiger charge is 2.15. The predicted octanol–water partition coefficient (Wildman–Crippen LogP) is 2.28. The van der Waals surface area contributed by atoms with E-state index in [1.54, 1.807) is 7.11 Å². The molecule has 0 saturated carbocycles. The average Bonchev–Trinajstić information content (AvgIpc) is 2.75. The molecule has 0 fully saturated rings. The van der Waals surface area contributed by atoms with Gasteiger partial charge in [-0.25, -0.2) is 0 Å². The van der Waals surface area contributed by atoms with Crippen LogP contribution in [0.1, 0.15) is 44.8 Å². The van der Waals surface area contributed by atoms with Crippen LogP contribution in [0.2, 0.25) is 0 Å². The van der Waals surface area contributed by atoms with Crippen molar-refractivity contribution < 1.29 is 4.74 Å². The topological polar surface area (TPSA) is 39.1 Å². The lowest BCUT2D eigenvalue weighted by molar-refractivity contribution is 0.106. The Kier molecular flexibility index (Phi) is 6.22. The minimum absolute atomic E-state index is 0.314. The Bertz CT molecular complexity index is 311. The van der Waals surface area contributed by atoms with E-state index in [1.807, 2.05) is 17.9 Å². The highest BCUT2D eigenvalue weighted by atomic mass is 16.5. The highest BCUT2D eigenvalue weighted by molar-refractivity contribution is 5.06. The summed E-state index contributed by atoms with van der Waals surface area (Å²) in [6.45, 7) is 5.34. The molecular weight excluding hydrogens is 214 g/mol. The smallest absolute Gasteiger partial charge is 0.0550 e. The van der Waals surface area contributed by atoms with Gasteiger partial charge in [-0.05, 0) is 38.8 Å². The molecule has 2 atom stereocenters. The van der Waals surface area contributed by atoms with E-state index < -0.39 is 0 Å². The monoisotopic (exact) mass is 239 g/mol. The van der Waals surface area contributed by atoms with Crippen molar-refractivity contribution in [2.75, 3.05) is 13.7 Å². The number of hydrogen-bond donors (Lipinski definition) is 1. The summed E-state index contributed by atoms with van der Waals surface area (Å²) >= 11 is 0. The normalized spacial score (nSPS) is 14.8. The van der Waals surface area contributed by atoms with Crippen LogP contribution in [0.4, 0.5) is 0 Å². The van der Waals surface area contributed by atoms with Crippen LogP contribution in [0.5, 0.6) is 0 Å². The summed E-state index contributed by atoms with van der Waals surface area (Å²) in [4.78, 5) is 0. The molecule has 1 aromatic heterocycles. The standard InChI is InChI=1S/C13H25N3O/c1-5-9-14-12(7-6-11(2)17-4)13-8-10-15-16(13)3/h8,10-12,14H,5-7,9H2,1-4H3. The Balaban J connectivity index is 2.57. The second kappa shape index (κ2) is 7.45. The van der Waals surface area contributed by atoms with E-state index in [0.717, 1.165) is 25.8 Å². The van der Waals surface area contributed by atoms with Crippen LogP contribution in [-0.2, 0) is 11.8 Å². The van der Waals surface area contributed by atoms with Crippen LogP contribution in [0, 0.1) is 0 Å². The molecule has 0 aromatic carbocycles. The molecule has 0 amide bonds. The number of aryl methyl sites for hydroxylation is 1. The van der Waals surface area contributed by atoms with E-state index in [1.165, 1.54) is 5.69 Å². The summed E-state index contributed by atoms with van der Waals surface area (Å²) in [5, 5.41) is 7.81. The van der Waals surface area contributed by atoms with Gasteiger partial charge < -0.3 is 10.1 Å². The molecule has 0 aliphatic heterocycles. The summed E-state index contributed by atoms with van der Waals surface area (Å²) in [6, 6.07) is 2.46. The molecule has 4 heteroatoms. The Morgan fingerprint density at radius 2 is 2.24 bits per heavy atom. The van der Waals surface area contributed by atoms with Gasteiger partial charge in [-0.15, -0.1) is 0 Å². The van der Waals surface area contributed by atoms with E-state index in [0.29, 0.717) is 12.1 Å². The van der Waals surface area contributed by atoms with E-state index in [2.05, 4.69) is 30.3 Å². The molecule has 2 unspecified atom stereocenters. The number of ether oxygens (including phenoxy) is 1. The highest BCUT2D eigenvalue weighted by Crippen LogP contribution is 2.19. The summed E-state index contributed by atoms with van der Waals surface area (Å²) in [6.07, 6.45) is 5.45. The van der Waals surface area contributed by atoms with Crippen molar-refractivity contribution in [3.63, 3.8) is 0 Å². The van der Waals surface area contributed by atoms with Crippen LogP contribution < -0.4 is 5.32 Å². The minimum atomic E-state index is 0.314. The van der Waals surface area contributed by atoms with Crippen LogP contribution >= 0.6 is 0 Å². The molecule has 4 nitrogen and oxygen atoms in total. The third-order valence-electron chi connectivity index (χ3n) is 3.12. The Morgan fingerprint density at radius 1 is 1.47 bits per heavy atom. The van der Waals surface area contributed by atoms with E-state index in [4.69, 9.17) is 4.74 Å². The minimum Gasteiger partial charge on any atom is -0.382 e. The number of aromatic nitrogens is 2. The van der Waals surface area contributed by atoms with E-state index >= 15 is 0 Å². The van der Waals surface area contributed by atoms with Gasteiger partial charge >= 0.3 is 0 Å². The van der Waals surface area contributed by atoms with Gasteiger partial charge in [-0.2, -0.15) is 5.10 Å². The lowest BCUT2D eigenvalue weighted by atomic mass is 10.1. The molecule has 0 saturated heterocycles. The maximum Gasteiger partial charge on any atom is 0.0550 e. The average molecular weight is 239 g/mol. The third kappa shape index (κ3) is 4.48. The van der Waals surface area contributed by atoms with Gasteiger partial charge in [-0.3, -0.25) is 4.68 Å². The van der Waals surface area contributed by atoms with Gasteiger partial charge in [0.15, 0.2) is 0 Å². The van der Waals surface area contributed by atoms with Gasteiger partial charge in [0, 0.05) is 26.4 Å². The first-order valence-electron chi connectivity index (χ1n) is 6.43. The molecule has 17 heavy (non-hydrogen) atoms. The Morgan fingerprint density at radius 3 is 2.76 bits per heavy atom. The number of nitrogens with zero attached hydrogens (tertiary/aromatic N) is 2. The quantitative estimate of drug-likeness (QED) is 0.756. The molecule has 0 bridgehead atoms. The molecular formula is C13H25N3O. The summed E-state index contributed by atoms with van der Waals surface area (Å²) in [7, 11) is 3.76. The van der Waals surface area contributed by atoms with Gasteiger partial charge in [0.05, 0.1) is 11.8 Å². The largest absolute Gasteiger partial charge is 0.382 e. The first kappa shape index (κ1) is 14.2. The first-order valence-corrected chi connectivity index (χ1v) is 6.43. The van der Waals surface area contributed by atoms with Crippen molar-refractivity contribution in [2.24, 2.45) is 7.05 Å². The van der Waals surface area contributed by atoms with Crippen LogP contribution in [0.25, 0.3) is 0 Å². The molecule has 1 N–H and O–H groups in total. The molecule has 0 spiro atoms. The van der Waals surface area contributed by atoms with Crippen molar-refractivity contribution in [2.45, 2.75) is 45.3 Å². The van der Waals surface area contributed by atoms with Crippen molar-refractivity contribution in [1.29, 1.82) is 0 Å². The maximum atomic E-state index is 5.30. The van der Waals surface area contributed by atoms with Gasteiger partial charge in [0.1, 0.15) is 0 Å². The summed E-state index contributed by atoms with van der Waals surface area (Å²) in [5.41, 5.74) is 1.25. The second-order valence-corrected chi connectivity index (χ2v) is 4.51. The van der Waals surface area contributed by atoms with E-state index in [9.17, 15) is 0 Å². The molecule has 0 aliphatic carbocycles. The third-order valence-corrected chi connectivity index (χ3v) is 3.12. The summed E-state index contributed by atoms with van der Waals surface area (Å²) < 4.78 is 7.25. The van der Waals surface area contributed by atoms with Crippen LogP contribution in [-0.4, -0.2) is 29.5 Å². The first-order chi connectivity index (χ1) is 8.19. The lowest BCUT2D eigenvalue weighted by Gasteiger charge is -2.20. The van der Waals surface area contributed by atoms with Gasteiger partial charge in [0.2, 0.25) is 0 Å². The second-order valence-electron chi connectivity index (χ2n) is 4.51. The van der Waals surface area contributed by atoms with Crippen molar-refractivity contribution in [3.05, 3.63) is 18.0 Å². The van der Waals surface area contributed by atoms with Crippen molar-refractivity contribution in [1.82, 2.24) is 15.1 Å². The Labute approximate surface area is 104 Å². The SMILES string of the molecule is CCCNC(CCC(C)OC)c1ccnn1C. The van der Waals surface area contributed by atoms with Gasteiger partial charge in [-0.1, -0.05) is 6.92 Å². The number of nitrogens with one attached hydrogen (secondary N) is 1. The fourth-order valence-corrected chi connectivity index (χ4v) is 1.92. The number of methoxy groups -OCH3 is 1. The number of hydrogen-bond acceptors (Lipinski definition) is 3. The molecule has 1 rings (SSSR count). The van der Waals surface area contributed by atoms with Crippen LogP contribution in [0.15, 0.2) is 12.3 Å². The van der Waals surface area contributed by atoms with Crippen molar-refractivity contribution >= 4 is 0 Å². The molecule has 98 valence electrons. The lowest BCUT2D eigenvalue weighted by Crippen LogP contribution is -2.25. The molecule has 0 radical (unpaired) electrons. The van der Waals surface area contributed by atoms with Crippen LogP contribution in [0.3, 0.4) is 0 Å². The summed E-state index contributed by atoms with van der Waals surface area (Å²) in [5.74, 6) is 0. The fraction of sp³-hybridized carbons (Fsp3) is 0.769. The van der Waals surface area contributed by atoms with Crippen molar-refractivity contribution in [3.8, 4) is 0 Å². The number of rotatable bonds is 8. The predicted molar refractivity (Wildman–Crippen MR) is 69.9 cm³/mol. The zero-order valence-corrected chi connectivity index (χ0v) is 11.4. The zero-order chi connectivity index (χ0) is 12.7.